The Morgan fingerprint density at radius 3 is 2.31 bits per heavy atom. The van der Waals surface area contributed by atoms with Gasteiger partial charge in [0.05, 0.1) is 11.8 Å². The van der Waals surface area contributed by atoms with Gasteiger partial charge in [-0.15, -0.1) is 0 Å². The summed E-state index contributed by atoms with van der Waals surface area (Å²) in [5.41, 5.74) is 0.429. The number of hydrogen-bond donors (Lipinski definition) is 0. The molecular weight excluding hydrogens is 342 g/mol. The lowest BCUT2D eigenvalue weighted by Gasteiger charge is -2.22. The SMILES string of the molecule is CN(Cc1ccc(F)c(F)c1)C(=O)CN1C(=O)C2C3C=CC(C3)C2C1=O. The number of benzene rings is 1. The molecule has 1 heterocycles. The Morgan fingerprint density at radius 1 is 1.12 bits per heavy atom. The number of fused-ring (bicyclic) bond motifs is 5. The van der Waals surface area contributed by atoms with E-state index in [0.717, 1.165) is 23.5 Å². The summed E-state index contributed by atoms with van der Waals surface area (Å²) in [6.45, 7) is -0.254. The molecule has 7 heteroatoms. The number of carbonyl (C=O) groups is 3. The highest BCUT2D eigenvalue weighted by Crippen LogP contribution is 2.52. The van der Waals surface area contributed by atoms with Crippen LogP contribution in [0, 0.1) is 35.3 Å². The summed E-state index contributed by atoms with van der Waals surface area (Å²) < 4.78 is 26.3. The van der Waals surface area contributed by atoms with E-state index in [1.54, 1.807) is 0 Å². The van der Waals surface area contributed by atoms with Gasteiger partial charge >= 0.3 is 0 Å². The number of likely N-dealkylation sites (N-methyl/N-ethyl adjacent to an activating group) is 1. The summed E-state index contributed by atoms with van der Waals surface area (Å²) in [5, 5.41) is 0. The fourth-order valence-electron chi connectivity index (χ4n) is 4.38. The minimum absolute atomic E-state index is 0.0614. The molecule has 1 aromatic rings. The van der Waals surface area contributed by atoms with Crippen LogP contribution >= 0.6 is 0 Å². The molecule has 26 heavy (non-hydrogen) atoms. The van der Waals surface area contributed by atoms with Gasteiger partial charge in [0, 0.05) is 13.6 Å². The molecule has 1 saturated heterocycles. The highest BCUT2D eigenvalue weighted by atomic mass is 19.2. The van der Waals surface area contributed by atoms with Gasteiger partial charge in [-0.05, 0) is 36.0 Å². The maximum Gasteiger partial charge on any atom is 0.242 e. The zero-order valence-corrected chi connectivity index (χ0v) is 14.2. The Bertz CT molecular complexity index is 808. The van der Waals surface area contributed by atoms with Gasteiger partial charge in [-0.2, -0.15) is 0 Å². The molecule has 2 aliphatic carbocycles. The summed E-state index contributed by atoms with van der Waals surface area (Å²) in [5.74, 6) is -3.36. The molecular formula is C19H18F2N2O3. The van der Waals surface area contributed by atoms with Crippen molar-refractivity contribution in [3.8, 4) is 0 Å². The third-order valence-corrected chi connectivity index (χ3v) is 5.68. The number of imide groups is 1. The van der Waals surface area contributed by atoms with E-state index in [1.807, 2.05) is 12.2 Å². The van der Waals surface area contributed by atoms with Gasteiger partial charge in [-0.1, -0.05) is 18.2 Å². The van der Waals surface area contributed by atoms with Gasteiger partial charge in [-0.3, -0.25) is 19.3 Å². The van der Waals surface area contributed by atoms with Crippen LogP contribution in [0.1, 0.15) is 12.0 Å². The Hall–Kier alpha value is -2.57. The van der Waals surface area contributed by atoms with Crippen molar-refractivity contribution in [3.63, 3.8) is 0 Å². The van der Waals surface area contributed by atoms with Crippen LogP contribution in [-0.4, -0.2) is 41.1 Å². The van der Waals surface area contributed by atoms with Gasteiger partial charge in [0.15, 0.2) is 11.6 Å². The van der Waals surface area contributed by atoms with Crippen molar-refractivity contribution in [2.75, 3.05) is 13.6 Å². The lowest BCUT2D eigenvalue weighted by atomic mass is 9.85. The van der Waals surface area contributed by atoms with Crippen LogP contribution in [0.4, 0.5) is 8.78 Å². The Kier molecular flexibility index (Phi) is 3.89. The number of hydrogen-bond acceptors (Lipinski definition) is 3. The molecule has 0 N–H and O–H groups in total. The average Bonchev–Trinajstić information content (AvgIpc) is 3.28. The highest BCUT2D eigenvalue weighted by molar-refractivity contribution is 6.08. The lowest BCUT2D eigenvalue weighted by Crippen LogP contribution is -2.42. The van der Waals surface area contributed by atoms with E-state index in [4.69, 9.17) is 0 Å². The highest BCUT2D eigenvalue weighted by Gasteiger charge is 2.59. The maximum absolute atomic E-state index is 13.3. The van der Waals surface area contributed by atoms with Crippen molar-refractivity contribution in [1.29, 1.82) is 0 Å². The van der Waals surface area contributed by atoms with Crippen LogP contribution in [0.15, 0.2) is 30.4 Å². The molecule has 4 unspecified atom stereocenters. The van der Waals surface area contributed by atoms with Crippen LogP contribution in [0.5, 0.6) is 0 Å². The minimum Gasteiger partial charge on any atom is -0.340 e. The average molecular weight is 360 g/mol. The zero-order valence-electron chi connectivity index (χ0n) is 14.2. The normalized spacial score (nSPS) is 28.8. The fourth-order valence-corrected chi connectivity index (χ4v) is 4.38. The number of likely N-dealkylation sites (tertiary alicyclic amines) is 1. The Morgan fingerprint density at radius 2 is 1.73 bits per heavy atom. The van der Waals surface area contributed by atoms with Gasteiger partial charge < -0.3 is 4.90 Å². The standard InChI is InChI=1S/C19H18F2N2O3/c1-22(8-10-2-5-13(20)14(21)6-10)15(24)9-23-18(25)16-11-3-4-12(7-11)17(16)19(23)26/h2-6,11-12,16-17H,7-9H2,1H3. The van der Waals surface area contributed by atoms with Gasteiger partial charge in [-0.25, -0.2) is 8.78 Å². The molecule has 2 bridgehead atoms. The smallest absolute Gasteiger partial charge is 0.242 e. The first-order valence-corrected chi connectivity index (χ1v) is 8.58. The quantitative estimate of drug-likeness (QED) is 0.607. The topological polar surface area (TPSA) is 57.7 Å². The molecule has 136 valence electrons. The van der Waals surface area contributed by atoms with Crippen LogP contribution < -0.4 is 0 Å². The van der Waals surface area contributed by atoms with E-state index in [0.29, 0.717) is 5.56 Å². The van der Waals surface area contributed by atoms with Crippen molar-refractivity contribution in [2.24, 2.45) is 23.7 Å². The van der Waals surface area contributed by atoms with Crippen molar-refractivity contribution in [2.45, 2.75) is 13.0 Å². The summed E-state index contributed by atoms with van der Waals surface area (Å²) in [6, 6.07) is 3.42. The second kappa shape index (κ2) is 6.00. The molecule has 0 spiro atoms. The molecule has 4 rings (SSSR count). The number of carbonyl (C=O) groups excluding carboxylic acids is 3. The number of nitrogens with zero attached hydrogens (tertiary/aromatic N) is 2. The van der Waals surface area contributed by atoms with Gasteiger partial charge in [0.1, 0.15) is 6.54 Å². The Labute approximate surface area is 149 Å². The van der Waals surface area contributed by atoms with Crippen molar-refractivity contribution < 1.29 is 23.2 Å². The zero-order chi connectivity index (χ0) is 18.6. The Balaban J connectivity index is 1.42. The van der Waals surface area contributed by atoms with E-state index < -0.39 is 17.5 Å². The summed E-state index contributed by atoms with van der Waals surface area (Å²) in [4.78, 5) is 40.0. The molecule has 2 fully saturated rings. The second-order valence-electron chi connectivity index (χ2n) is 7.26. The molecule has 3 aliphatic rings. The van der Waals surface area contributed by atoms with E-state index >= 15 is 0 Å². The predicted octanol–water partition coefficient (Wildman–Crippen LogP) is 1.73. The first-order valence-electron chi connectivity index (χ1n) is 8.58. The van der Waals surface area contributed by atoms with Crippen molar-refractivity contribution >= 4 is 17.7 Å². The first-order chi connectivity index (χ1) is 12.4. The first kappa shape index (κ1) is 16.9. The van der Waals surface area contributed by atoms with Crippen LogP contribution in [0.3, 0.4) is 0 Å². The summed E-state index contributed by atoms with van der Waals surface area (Å²) in [6.07, 6.45) is 4.83. The number of allylic oxidation sites excluding steroid dienone is 2. The molecule has 0 radical (unpaired) electrons. The third-order valence-electron chi connectivity index (χ3n) is 5.68. The molecule has 4 atom stereocenters. The molecule has 0 aromatic heterocycles. The van der Waals surface area contributed by atoms with Crippen molar-refractivity contribution in [3.05, 3.63) is 47.5 Å². The molecule has 1 aromatic carbocycles. The van der Waals surface area contributed by atoms with E-state index in [-0.39, 0.29) is 48.6 Å². The third kappa shape index (κ3) is 2.53. The largest absolute Gasteiger partial charge is 0.340 e. The van der Waals surface area contributed by atoms with Crippen molar-refractivity contribution in [1.82, 2.24) is 9.80 Å². The summed E-state index contributed by atoms with van der Waals surface area (Å²) in [7, 11) is 1.50. The van der Waals surface area contributed by atoms with E-state index in [2.05, 4.69) is 0 Å². The predicted molar refractivity (Wildman–Crippen MR) is 87.3 cm³/mol. The molecule has 1 aliphatic heterocycles. The monoisotopic (exact) mass is 360 g/mol. The van der Waals surface area contributed by atoms with Crippen LogP contribution in [0.25, 0.3) is 0 Å². The van der Waals surface area contributed by atoms with E-state index in [1.165, 1.54) is 18.0 Å². The number of halogens is 2. The number of rotatable bonds is 4. The maximum atomic E-state index is 13.3. The second-order valence-corrected chi connectivity index (χ2v) is 7.26. The minimum atomic E-state index is -0.982. The molecule has 5 nitrogen and oxygen atoms in total. The summed E-state index contributed by atoms with van der Waals surface area (Å²) >= 11 is 0. The number of amides is 3. The van der Waals surface area contributed by atoms with Crippen LogP contribution in [0.2, 0.25) is 0 Å². The van der Waals surface area contributed by atoms with E-state index in [9.17, 15) is 23.2 Å². The lowest BCUT2D eigenvalue weighted by molar-refractivity contribution is -0.146. The molecule has 1 saturated carbocycles. The van der Waals surface area contributed by atoms with Gasteiger partial charge in [0.2, 0.25) is 17.7 Å². The van der Waals surface area contributed by atoms with Crippen LogP contribution in [-0.2, 0) is 20.9 Å². The molecule has 3 amide bonds. The van der Waals surface area contributed by atoms with Gasteiger partial charge in [0.25, 0.3) is 0 Å². The fraction of sp³-hybridized carbons (Fsp3) is 0.421.